The van der Waals surface area contributed by atoms with E-state index in [9.17, 15) is 0 Å². The van der Waals surface area contributed by atoms with Crippen LogP contribution in [-0.4, -0.2) is 25.7 Å². The Morgan fingerprint density at radius 2 is 1.67 bits per heavy atom. The second-order valence-corrected chi connectivity index (χ2v) is 5.88. The summed E-state index contributed by atoms with van der Waals surface area (Å²) < 4.78 is 0. The highest BCUT2D eigenvalue weighted by atomic mass is 15.1. The molecule has 1 unspecified atom stereocenters. The molecule has 0 radical (unpaired) electrons. The molecule has 1 rings (SSSR count). The summed E-state index contributed by atoms with van der Waals surface area (Å²) in [6, 6.07) is 11.6. The molecule has 0 aliphatic heterocycles. The van der Waals surface area contributed by atoms with Crippen molar-refractivity contribution in [3.05, 3.63) is 30.3 Å². The number of hydrogen-bond donors (Lipinski definition) is 1. The van der Waals surface area contributed by atoms with E-state index >= 15 is 0 Å². The van der Waals surface area contributed by atoms with Crippen LogP contribution in [0.1, 0.15) is 59.3 Å². The summed E-state index contributed by atoms with van der Waals surface area (Å²) in [7, 11) is 0. The largest absolute Gasteiger partial charge is 0.372 e. The third-order valence-electron chi connectivity index (χ3n) is 4.06. The van der Waals surface area contributed by atoms with Gasteiger partial charge in [0.1, 0.15) is 0 Å². The van der Waals surface area contributed by atoms with Crippen LogP contribution in [0.5, 0.6) is 0 Å². The average molecular weight is 290 g/mol. The van der Waals surface area contributed by atoms with Gasteiger partial charge in [-0.2, -0.15) is 0 Å². The maximum atomic E-state index is 3.66. The van der Waals surface area contributed by atoms with E-state index in [1.165, 1.54) is 57.3 Å². The summed E-state index contributed by atoms with van der Waals surface area (Å²) in [6.07, 6.45) is 7.56. The molecule has 0 bridgehead atoms. The Labute approximate surface area is 131 Å². The van der Waals surface area contributed by atoms with Crippen LogP contribution in [-0.2, 0) is 0 Å². The lowest BCUT2D eigenvalue weighted by atomic mass is 10.1. The Hall–Kier alpha value is -1.02. The predicted octanol–water partition coefficient (Wildman–Crippen LogP) is 4.85. The number of anilines is 1. The molecule has 0 aliphatic rings. The summed E-state index contributed by atoms with van der Waals surface area (Å²) in [6.45, 7) is 10.3. The van der Waals surface area contributed by atoms with Crippen LogP contribution in [0, 0.1) is 0 Å². The quantitative estimate of drug-likeness (QED) is 0.592. The van der Waals surface area contributed by atoms with Gasteiger partial charge in [-0.25, -0.2) is 0 Å². The zero-order valence-corrected chi connectivity index (χ0v) is 14.3. The lowest BCUT2D eigenvalue weighted by Gasteiger charge is -2.26. The van der Waals surface area contributed by atoms with Crippen molar-refractivity contribution in [3.63, 3.8) is 0 Å². The molecule has 2 nitrogen and oxygen atoms in total. The first kappa shape index (κ1) is 18.0. The van der Waals surface area contributed by atoms with Crippen molar-refractivity contribution in [2.24, 2.45) is 0 Å². The predicted molar refractivity (Wildman–Crippen MR) is 95.2 cm³/mol. The van der Waals surface area contributed by atoms with Gasteiger partial charge in [0.25, 0.3) is 0 Å². The van der Waals surface area contributed by atoms with Crippen molar-refractivity contribution >= 4 is 5.69 Å². The molecule has 0 saturated heterocycles. The first-order valence-electron chi connectivity index (χ1n) is 8.85. The molecule has 0 spiro atoms. The number of hydrogen-bond acceptors (Lipinski definition) is 2. The molecule has 21 heavy (non-hydrogen) atoms. The highest BCUT2D eigenvalue weighted by molar-refractivity contribution is 5.45. The first-order valence-corrected chi connectivity index (χ1v) is 8.85. The molecule has 1 N–H and O–H groups in total. The third-order valence-corrected chi connectivity index (χ3v) is 4.06. The molecule has 2 heteroatoms. The second kappa shape index (κ2) is 11.6. The normalized spacial score (nSPS) is 12.3. The molecular formula is C19H34N2. The molecule has 0 aliphatic carbocycles. The summed E-state index contributed by atoms with van der Waals surface area (Å²) in [4.78, 5) is 2.55. The monoisotopic (exact) mass is 290 g/mol. The molecule has 1 aromatic rings. The molecule has 0 saturated carbocycles. The number of unbranched alkanes of at least 4 members (excludes halogenated alkanes) is 1. The van der Waals surface area contributed by atoms with Gasteiger partial charge in [0.05, 0.1) is 0 Å². The number of benzene rings is 1. The fourth-order valence-electron chi connectivity index (χ4n) is 2.69. The van der Waals surface area contributed by atoms with Gasteiger partial charge >= 0.3 is 0 Å². The lowest BCUT2D eigenvalue weighted by molar-refractivity contribution is 0.454. The van der Waals surface area contributed by atoms with Crippen LogP contribution in [0.25, 0.3) is 0 Å². The van der Waals surface area contributed by atoms with Gasteiger partial charge in [-0.15, -0.1) is 0 Å². The molecule has 0 amide bonds. The van der Waals surface area contributed by atoms with Gasteiger partial charge in [-0.05, 0) is 50.8 Å². The zero-order chi connectivity index (χ0) is 15.3. The fourth-order valence-corrected chi connectivity index (χ4v) is 2.69. The van der Waals surface area contributed by atoms with Crippen LogP contribution >= 0.6 is 0 Å². The maximum absolute atomic E-state index is 3.66. The highest BCUT2D eigenvalue weighted by Gasteiger charge is 2.08. The molecule has 120 valence electrons. The Morgan fingerprint density at radius 3 is 2.29 bits per heavy atom. The van der Waals surface area contributed by atoms with E-state index in [-0.39, 0.29) is 0 Å². The second-order valence-electron chi connectivity index (χ2n) is 5.88. The SMILES string of the molecule is CCCCN(CCCC(CC)NCCC)c1ccccc1. The van der Waals surface area contributed by atoms with Gasteiger partial charge in [-0.3, -0.25) is 0 Å². The molecular weight excluding hydrogens is 256 g/mol. The Morgan fingerprint density at radius 1 is 0.952 bits per heavy atom. The van der Waals surface area contributed by atoms with Crippen molar-refractivity contribution in [1.29, 1.82) is 0 Å². The first-order chi connectivity index (χ1) is 10.3. The van der Waals surface area contributed by atoms with E-state index in [0.717, 1.165) is 6.54 Å². The van der Waals surface area contributed by atoms with E-state index in [4.69, 9.17) is 0 Å². The van der Waals surface area contributed by atoms with E-state index in [0.29, 0.717) is 6.04 Å². The fraction of sp³-hybridized carbons (Fsp3) is 0.684. The minimum atomic E-state index is 0.689. The molecule has 0 heterocycles. The number of rotatable bonds is 12. The Bertz CT molecular complexity index is 337. The van der Waals surface area contributed by atoms with Crippen LogP contribution < -0.4 is 10.2 Å². The third kappa shape index (κ3) is 7.52. The van der Waals surface area contributed by atoms with Gasteiger partial charge < -0.3 is 10.2 Å². The molecule has 1 aromatic carbocycles. The van der Waals surface area contributed by atoms with E-state index in [1.807, 2.05) is 0 Å². The minimum absolute atomic E-state index is 0.689. The highest BCUT2D eigenvalue weighted by Crippen LogP contribution is 2.15. The van der Waals surface area contributed by atoms with E-state index in [2.05, 4.69) is 61.3 Å². The summed E-state index contributed by atoms with van der Waals surface area (Å²) in [5.74, 6) is 0. The number of nitrogens with one attached hydrogen (secondary N) is 1. The van der Waals surface area contributed by atoms with Crippen molar-refractivity contribution in [2.45, 2.75) is 65.3 Å². The van der Waals surface area contributed by atoms with Crippen LogP contribution in [0.15, 0.2) is 30.3 Å². The van der Waals surface area contributed by atoms with Crippen molar-refractivity contribution in [3.8, 4) is 0 Å². The molecule has 1 atom stereocenters. The smallest absolute Gasteiger partial charge is 0.0366 e. The van der Waals surface area contributed by atoms with Gasteiger partial charge in [0, 0.05) is 24.8 Å². The average Bonchev–Trinajstić information content (AvgIpc) is 2.54. The lowest BCUT2D eigenvalue weighted by Crippen LogP contribution is -2.31. The number of nitrogens with zero attached hydrogens (tertiary/aromatic N) is 1. The maximum Gasteiger partial charge on any atom is 0.0366 e. The molecule has 0 fully saturated rings. The topological polar surface area (TPSA) is 15.3 Å². The Kier molecular flexibility index (Phi) is 9.98. The van der Waals surface area contributed by atoms with Crippen LogP contribution in [0.3, 0.4) is 0 Å². The standard InChI is InChI=1S/C19H34N2/c1-4-7-16-21(19-13-9-8-10-14-19)17-11-12-18(6-3)20-15-5-2/h8-10,13-14,18,20H,4-7,11-12,15-17H2,1-3H3. The van der Waals surface area contributed by atoms with Crippen molar-refractivity contribution in [2.75, 3.05) is 24.5 Å². The Balaban J connectivity index is 2.42. The van der Waals surface area contributed by atoms with Gasteiger partial charge in [0.2, 0.25) is 0 Å². The van der Waals surface area contributed by atoms with E-state index in [1.54, 1.807) is 0 Å². The van der Waals surface area contributed by atoms with Crippen molar-refractivity contribution < 1.29 is 0 Å². The van der Waals surface area contributed by atoms with Crippen molar-refractivity contribution in [1.82, 2.24) is 5.32 Å². The van der Waals surface area contributed by atoms with E-state index < -0.39 is 0 Å². The number of para-hydroxylation sites is 1. The minimum Gasteiger partial charge on any atom is -0.372 e. The summed E-state index contributed by atoms with van der Waals surface area (Å²) >= 11 is 0. The summed E-state index contributed by atoms with van der Waals surface area (Å²) in [5, 5.41) is 3.66. The zero-order valence-electron chi connectivity index (χ0n) is 14.3. The summed E-state index contributed by atoms with van der Waals surface area (Å²) in [5.41, 5.74) is 1.38. The molecule has 0 aromatic heterocycles. The van der Waals surface area contributed by atoms with Crippen LogP contribution in [0.2, 0.25) is 0 Å². The van der Waals surface area contributed by atoms with Crippen LogP contribution in [0.4, 0.5) is 5.69 Å². The van der Waals surface area contributed by atoms with Gasteiger partial charge in [-0.1, -0.05) is 45.4 Å². The van der Waals surface area contributed by atoms with Gasteiger partial charge in [0.15, 0.2) is 0 Å².